The molecule has 1 nitrogen and oxygen atoms in total. The van der Waals surface area contributed by atoms with Crippen LogP contribution in [-0.2, 0) is 0 Å². The summed E-state index contributed by atoms with van der Waals surface area (Å²) in [6.07, 6.45) is 0. The van der Waals surface area contributed by atoms with Crippen LogP contribution < -0.4 is 20.7 Å². The number of aromatic nitrogens is 1. The lowest BCUT2D eigenvalue weighted by atomic mass is 10.0. The van der Waals surface area contributed by atoms with Crippen LogP contribution in [-0.4, -0.2) is 12.6 Å². The average molecular weight is 760 g/mol. The van der Waals surface area contributed by atoms with E-state index in [-0.39, 0.29) is 0 Å². The van der Waals surface area contributed by atoms with Gasteiger partial charge in [0, 0.05) is 36.6 Å². The molecule has 11 rings (SSSR count). The van der Waals surface area contributed by atoms with Crippen LogP contribution in [0.3, 0.4) is 0 Å². The van der Waals surface area contributed by atoms with Gasteiger partial charge in [0.1, 0.15) is 0 Å². The van der Waals surface area contributed by atoms with Crippen LogP contribution in [0.25, 0.3) is 69.9 Å². The molecule has 0 bridgehead atoms. The first-order valence-corrected chi connectivity index (χ1v) is 22.4. The Balaban J connectivity index is 1.11. The third-order valence-electron chi connectivity index (χ3n) is 11.7. The van der Waals surface area contributed by atoms with Crippen molar-refractivity contribution in [1.82, 2.24) is 4.57 Å². The van der Waals surface area contributed by atoms with Gasteiger partial charge in [0.15, 0.2) is 8.07 Å². The Morgan fingerprint density at radius 1 is 0.298 bits per heavy atom. The van der Waals surface area contributed by atoms with Crippen molar-refractivity contribution in [3.05, 3.63) is 224 Å². The lowest BCUT2D eigenvalue weighted by Gasteiger charge is -2.35. The molecule has 0 saturated heterocycles. The Labute approximate surface area is 337 Å². The molecule has 3 heteroatoms. The van der Waals surface area contributed by atoms with Gasteiger partial charge in [-0.1, -0.05) is 182 Å². The van der Waals surface area contributed by atoms with Gasteiger partial charge in [-0.2, -0.15) is 0 Å². The van der Waals surface area contributed by atoms with Gasteiger partial charge >= 0.3 is 0 Å². The summed E-state index contributed by atoms with van der Waals surface area (Å²) in [5.74, 6) is 0. The summed E-state index contributed by atoms with van der Waals surface area (Å²) in [5.41, 5.74) is 8.49. The van der Waals surface area contributed by atoms with E-state index in [1.54, 1.807) is 0 Å². The quantitative estimate of drug-likeness (QED) is 0.113. The van der Waals surface area contributed by atoms with E-state index in [2.05, 4.69) is 229 Å². The summed E-state index contributed by atoms with van der Waals surface area (Å²) in [5, 5.41) is 10.6. The van der Waals surface area contributed by atoms with Crippen molar-refractivity contribution in [2.75, 3.05) is 0 Å². The van der Waals surface area contributed by atoms with E-state index in [0.29, 0.717) is 0 Å². The number of hydrogen-bond donors (Lipinski definition) is 0. The van der Waals surface area contributed by atoms with Crippen molar-refractivity contribution in [1.29, 1.82) is 0 Å². The lowest BCUT2D eigenvalue weighted by Crippen LogP contribution is -2.74. The van der Waals surface area contributed by atoms with Crippen LogP contribution in [0.15, 0.2) is 224 Å². The van der Waals surface area contributed by atoms with Crippen molar-refractivity contribution in [3.63, 3.8) is 0 Å². The van der Waals surface area contributed by atoms with Crippen LogP contribution in [0.2, 0.25) is 0 Å². The zero-order valence-corrected chi connectivity index (χ0v) is 33.0. The van der Waals surface area contributed by atoms with Crippen LogP contribution in [0.4, 0.5) is 0 Å². The number of nitrogens with zero attached hydrogens (tertiary/aromatic N) is 1. The number of rotatable bonds is 7. The fraction of sp³-hybridized carbons (Fsp3) is 0. The van der Waals surface area contributed by atoms with Crippen molar-refractivity contribution in [2.45, 2.75) is 0 Å². The van der Waals surface area contributed by atoms with Gasteiger partial charge in [0.05, 0.1) is 11.0 Å². The molecule has 0 atom stereocenters. The average Bonchev–Trinajstić information content (AvgIpc) is 3.83. The smallest absolute Gasteiger partial charge is 0.179 e. The molecule has 0 unspecified atom stereocenters. The summed E-state index contributed by atoms with van der Waals surface area (Å²) in [7, 11) is -2.86. The molecule has 0 N–H and O–H groups in total. The Hall–Kier alpha value is -6.78. The number of fused-ring (bicyclic) bond motifs is 6. The van der Waals surface area contributed by atoms with E-state index < -0.39 is 8.07 Å². The molecule has 0 spiro atoms. The number of para-hydroxylation sites is 2. The van der Waals surface area contributed by atoms with Gasteiger partial charge in [-0.3, -0.25) is 0 Å². The summed E-state index contributed by atoms with van der Waals surface area (Å²) >= 11 is 1.87. The minimum Gasteiger partial charge on any atom is -0.309 e. The summed E-state index contributed by atoms with van der Waals surface area (Å²) < 4.78 is 5.07. The molecule has 0 aliphatic heterocycles. The third-order valence-corrected chi connectivity index (χ3v) is 17.6. The Morgan fingerprint density at radius 3 is 1.37 bits per heavy atom. The number of benzene rings is 9. The molecule has 0 radical (unpaired) electrons. The first kappa shape index (κ1) is 33.5. The summed E-state index contributed by atoms with van der Waals surface area (Å²) in [6.45, 7) is 0. The van der Waals surface area contributed by atoms with E-state index in [0.717, 1.165) is 5.69 Å². The van der Waals surface area contributed by atoms with Gasteiger partial charge in [-0.05, 0) is 85.5 Å². The van der Waals surface area contributed by atoms with Crippen LogP contribution in [0.5, 0.6) is 0 Å². The van der Waals surface area contributed by atoms with E-state index in [1.807, 2.05) is 11.3 Å². The highest BCUT2D eigenvalue weighted by Gasteiger charge is 2.41. The van der Waals surface area contributed by atoms with Gasteiger partial charge in [-0.15, -0.1) is 11.3 Å². The molecule has 57 heavy (non-hydrogen) atoms. The van der Waals surface area contributed by atoms with Crippen molar-refractivity contribution in [3.8, 4) is 27.9 Å². The maximum atomic E-state index is 2.48. The third kappa shape index (κ3) is 5.50. The minimum atomic E-state index is -2.86. The van der Waals surface area contributed by atoms with Gasteiger partial charge < -0.3 is 4.57 Å². The van der Waals surface area contributed by atoms with Gasteiger partial charge in [0.25, 0.3) is 0 Å². The highest BCUT2D eigenvalue weighted by molar-refractivity contribution is 7.25. The summed E-state index contributed by atoms with van der Waals surface area (Å²) in [6, 6.07) is 83.6. The second-order valence-corrected chi connectivity index (χ2v) is 19.8. The number of thiophene rings is 1. The maximum Gasteiger partial charge on any atom is 0.179 e. The molecule has 0 fully saturated rings. The first-order valence-electron chi connectivity index (χ1n) is 19.6. The first-order chi connectivity index (χ1) is 28.3. The molecule has 0 aliphatic rings. The van der Waals surface area contributed by atoms with E-state index in [1.165, 1.54) is 85.0 Å². The zero-order valence-electron chi connectivity index (χ0n) is 31.2. The largest absolute Gasteiger partial charge is 0.309 e. The zero-order chi connectivity index (χ0) is 37.8. The monoisotopic (exact) mass is 759 g/mol. The molecular formula is C54H37NSSi. The van der Waals surface area contributed by atoms with Crippen molar-refractivity contribution < 1.29 is 0 Å². The van der Waals surface area contributed by atoms with E-state index in [4.69, 9.17) is 0 Å². The molecule has 2 heterocycles. The van der Waals surface area contributed by atoms with Crippen LogP contribution in [0.1, 0.15) is 0 Å². The van der Waals surface area contributed by atoms with Gasteiger partial charge in [0.2, 0.25) is 0 Å². The molecule has 0 aliphatic carbocycles. The highest BCUT2D eigenvalue weighted by atomic mass is 32.1. The van der Waals surface area contributed by atoms with E-state index >= 15 is 0 Å². The Bertz CT molecular complexity index is 3160. The second kappa shape index (κ2) is 13.8. The molecule has 268 valence electrons. The Kier molecular flexibility index (Phi) is 8.09. The topological polar surface area (TPSA) is 4.93 Å². The normalized spacial score (nSPS) is 11.9. The fourth-order valence-corrected chi connectivity index (χ4v) is 15.1. The van der Waals surface area contributed by atoms with Crippen LogP contribution >= 0.6 is 11.3 Å². The summed E-state index contributed by atoms with van der Waals surface area (Å²) in [4.78, 5) is 0. The van der Waals surface area contributed by atoms with Crippen molar-refractivity contribution in [2.24, 2.45) is 0 Å². The Morgan fingerprint density at radius 2 is 0.754 bits per heavy atom. The fourth-order valence-electron chi connectivity index (χ4n) is 9.17. The predicted octanol–water partition coefficient (Wildman–Crippen LogP) is 11.9. The molecule has 0 saturated carbocycles. The van der Waals surface area contributed by atoms with Crippen LogP contribution in [0, 0.1) is 0 Å². The molecule has 11 aromatic rings. The maximum absolute atomic E-state index is 2.86. The molecule has 2 aromatic heterocycles. The molecular weight excluding hydrogens is 723 g/mol. The lowest BCUT2D eigenvalue weighted by molar-refractivity contribution is 1.18. The molecule has 0 amide bonds. The standard InChI is InChI=1S/C54H37NSSi/c1-3-20-43(21-4-1)57(44-22-5-2-6-23-44,46-25-15-18-40(36-46)41-32-33-54-50(37-41)49-28-9-12-31-53(49)56-54)45-24-14-17-39(35-45)38-16-13-19-42(34-38)55-51-29-10-7-26-47(51)48-27-8-11-30-52(48)55/h1-37H. The minimum absolute atomic E-state index is 1.16. The highest BCUT2D eigenvalue weighted by Crippen LogP contribution is 2.37. The van der Waals surface area contributed by atoms with Crippen molar-refractivity contribution >= 4 is 82.1 Å². The van der Waals surface area contributed by atoms with E-state index in [9.17, 15) is 0 Å². The second-order valence-electron chi connectivity index (χ2n) is 14.9. The molecule has 9 aromatic carbocycles. The predicted molar refractivity (Wildman–Crippen MR) is 248 cm³/mol. The SMILES string of the molecule is c1ccc([Si](c2ccccc2)(c2cccc(-c3cccc(-n4c5ccccc5c5ccccc54)c3)c2)c2cccc(-c3ccc4sc5ccccc5c4c3)c2)cc1. The van der Waals surface area contributed by atoms with Gasteiger partial charge in [-0.25, -0.2) is 0 Å². The number of hydrogen-bond acceptors (Lipinski definition) is 1.